The maximum Gasteiger partial charge on any atom is 0.191 e. The standard InChI is InChI=1S/C21H24N4.HI/c1-15-9-10-18(16(2)12-15)13-24-21(22-3)25-14-19-7-4-6-17-8-5-11-23-20(17)19;/h4-12H,13-14H2,1-3H3,(H2,22,24,25);1H. The monoisotopic (exact) mass is 460 g/mol. The van der Waals surface area contributed by atoms with Gasteiger partial charge in [-0.2, -0.15) is 0 Å². The Kier molecular flexibility index (Phi) is 7.38. The fourth-order valence-corrected chi connectivity index (χ4v) is 2.93. The Balaban J connectivity index is 0.00000243. The zero-order chi connectivity index (χ0) is 17.6. The topological polar surface area (TPSA) is 49.3 Å². The van der Waals surface area contributed by atoms with Gasteiger partial charge in [0.2, 0.25) is 0 Å². The molecule has 136 valence electrons. The van der Waals surface area contributed by atoms with Crippen LogP contribution in [0.4, 0.5) is 0 Å². The number of benzene rings is 2. The van der Waals surface area contributed by atoms with Gasteiger partial charge in [0.15, 0.2) is 5.96 Å². The number of pyridine rings is 1. The Morgan fingerprint density at radius 1 is 0.962 bits per heavy atom. The number of halogens is 1. The fraction of sp³-hybridized carbons (Fsp3) is 0.238. The molecule has 0 saturated heterocycles. The molecule has 0 radical (unpaired) electrons. The molecule has 0 saturated carbocycles. The second kappa shape index (κ2) is 9.52. The average molecular weight is 460 g/mol. The lowest BCUT2D eigenvalue weighted by molar-refractivity contribution is 0.808. The SMILES string of the molecule is CN=C(NCc1ccc(C)cc1C)NCc1cccc2cccnc12.I. The molecule has 0 spiro atoms. The van der Waals surface area contributed by atoms with Crippen molar-refractivity contribution in [1.82, 2.24) is 15.6 Å². The zero-order valence-corrected chi connectivity index (χ0v) is 17.7. The van der Waals surface area contributed by atoms with Crippen molar-refractivity contribution in [3.63, 3.8) is 0 Å². The van der Waals surface area contributed by atoms with Crippen LogP contribution in [0.5, 0.6) is 0 Å². The molecule has 0 amide bonds. The number of rotatable bonds is 4. The van der Waals surface area contributed by atoms with E-state index in [1.807, 2.05) is 12.3 Å². The van der Waals surface area contributed by atoms with Gasteiger partial charge in [0.1, 0.15) is 0 Å². The lowest BCUT2D eigenvalue weighted by Gasteiger charge is -2.14. The summed E-state index contributed by atoms with van der Waals surface area (Å²) in [5, 5.41) is 7.91. The number of aromatic nitrogens is 1. The summed E-state index contributed by atoms with van der Waals surface area (Å²) in [5.74, 6) is 0.785. The molecule has 0 aliphatic carbocycles. The average Bonchev–Trinajstić information content (AvgIpc) is 2.63. The van der Waals surface area contributed by atoms with Gasteiger partial charge in [-0.25, -0.2) is 0 Å². The number of nitrogens with zero attached hydrogens (tertiary/aromatic N) is 2. The van der Waals surface area contributed by atoms with E-state index in [0.29, 0.717) is 6.54 Å². The van der Waals surface area contributed by atoms with Crippen LogP contribution in [0.25, 0.3) is 10.9 Å². The molecule has 26 heavy (non-hydrogen) atoms. The Labute approximate surface area is 172 Å². The van der Waals surface area contributed by atoms with Gasteiger partial charge in [-0.1, -0.05) is 48.0 Å². The molecule has 3 aromatic rings. The predicted molar refractivity (Wildman–Crippen MR) is 120 cm³/mol. The Morgan fingerprint density at radius 2 is 1.69 bits per heavy atom. The number of aryl methyl sites for hydroxylation is 2. The molecule has 0 atom stereocenters. The number of hydrogen-bond acceptors (Lipinski definition) is 2. The summed E-state index contributed by atoms with van der Waals surface area (Å²) in [7, 11) is 1.79. The minimum atomic E-state index is 0. The van der Waals surface area contributed by atoms with Gasteiger partial charge in [0.05, 0.1) is 5.52 Å². The van der Waals surface area contributed by atoms with E-state index in [2.05, 4.69) is 76.9 Å². The van der Waals surface area contributed by atoms with E-state index in [4.69, 9.17) is 0 Å². The Morgan fingerprint density at radius 3 is 2.42 bits per heavy atom. The van der Waals surface area contributed by atoms with Crippen LogP contribution in [0.15, 0.2) is 59.7 Å². The minimum Gasteiger partial charge on any atom is -0.352 e. The molecule has 5 heteroatoms. The van der Waals surface area contributed by atoms with Gasteiger partial charge in [-0.15, -0.1) is 24.0 Å². The number of fused-ring (bicyclic) bond motifs is 1. The van der Waals surface area contributed by atoms with Crippen LogP contribution in [0, 0.1) is 13.8 Å². The molecule has 0 bridgehead atoms. The van der Waals surface area contributed by atoms with E-state index in [1.54, 1.807) is 7.05 Å². The van der Waals surface area contributed by atoms with Gasteiger partial charge in [-0.3, -0.25) is 9.98 Å². The van der Waals surface area contributed by atoms with Crippen molar-refractivity contribution < 1.29 is 0 Å². The fourth-order valence-electron chi connectivity index (χ4n) is 2.93. The highest BCUT2D eigenvalue weighted by molar-refractivity contribution is 14.0. The van der Waals surface area contributed by atoms with E-state index in [9.17, 15) is 0 Å². The first-order valence-electron chi connectivity index (χ1n) is 8.50. The lowest BCUT2D eigenvalue weighted by atomic mass is 10.1. The van der Waals surface area contributed by atoms with Crippen molar-refractivity contribution in [2.24, 2.45) is 4.99 Å². The maximum atomic E-state index is 4.50. The normalized spacial score (nSPS) is 11.1. The molecular weight excluding hydrogens is 435 g/mol. The molecule has 2 N–H and O–H groups in total. The van der Waals surface area contributed by atoms with Crippen molar-refractivity contribution in [1.29, 1.82) is 0 Å². The molecule has 0 fully saturated rings. The predicted octanol–water partition coefficient (Wildman–Crippen LogP) is 4.33. The van der Waals surface area contributed by atoms with Crippen molar-refractivity contribution in [2.75, 3.05) is 7.05 Å². The van der Waals surface area contributed by atoms with Crippen LogP contribution in [-0.4, -0.2) is 18.0 Å². The highest BCUT2D eigenvalue weighted by atomic mass is 127. The number of nitrogens with one attached hydrogen (secondary N) is 2. The molecule has 0 aliphatic rings. The summed E-state index contributed by atoms with van der Waals surface area (Å²) in [6.45, 7) is 5.69. The molecular formula is C21H25IN4. The Bertz CT molecular complexity index is 900. The van der Waals surface area contributed by atoms with Crippen LogP contribution in [0.2, 0.25) is 0 Å². The molecule has 1 aromatic heterocycles. The van der Waals surface area contributed by atoms with Gasteiger partial charge in [0.25, 0.3) is 0 Å². The summed E-state index contributed by atoms with van der Waals surface area (Å²) < 4.78 is 0. The van der Waals surface area contributed by atoms with Crippen molar-refractivity contribution in [3.8, 4) is 0 Å². The number of para-hydroxylation sites is 1. The quantitative estimate of drug-likeness (QED) is 0.346. The largest absolute Gasteiger partial charge is 0.352 e. The van der Waals surface area contributed by atoms with Crippen LogP contribution in [0.1, 0.15) is 22.3 Å². The highest BCUT2D eigenvalue weighted by Gasteiger charge is 2.04. The summed E-state index contributed by atoms with van der Waals surface area (Å²) in [4.78, 5) is 8.82. The third-order valence-electron chi connectivity index (χ3n) is 4.33. The van der Waals surface area contributed by atoms with Gasteiger partial charge < -0.3 is 10.6 Å². The number of aliphatic imine (C=N–C) groups is 1. The van der Waals surface area contributed by atoms with Gasteiger partial charge in [-0.05, 0) is 36.6 Å². The minimum absolute atomic E-state index is 0. The molecule has 1 heterocycles. The summed E-state index contributed by atoms with van der Waals surface area (Å²) >= 11 is 0. The van der Waals surface area contributed by atoms with Gasteiger partial charge in [0, 0.05) is 31.7 Å². The van der Waals surface area contributed by atoms with Crippen LogP contribution < -0.4 is 10.6 Å². The smallest absolute Gasteiger partial charge is 0.191 e. The molecule has 2 aromatic carbocycles. The van der Waals surface area contributed by atoms with Crippen LogP contribution in [-0.2, 0) is 13.1 Å². The van der Waals surface area contributed by atoms with E-state index >= 15 is 0 Å². The lowest BCUT2D eigenvalue weighted by Crippen LogP contribution is -2.36. The third-order valence-corrected chi connectivity index (χ3v) is 4.33. The summed E-state index contributed by atoms with van der Waals surface area (Å²) in [6, 6.07) is 16.8. The summed E-state index contributed by atoms with van der Waals surface area (Å²) in [5.41, 5.74) is 6.05. The van der Waals surface area contributed by atoms with E-state index in [-0.39, 0.29) is 24.0 Å². The first-order chi connectivity index (χ1) is 12.2. The van der Waals surface area contributed by atoms with E-state index in [1.165, 1.54) is 16.7 Å². The third kappa shape index (κ3) is 4.94. The molecule has 3 rings (SSSR count). The maximum absolute atomic E-state index is 4.50. The van der Waals surface area contributed by atoms with Gasteiger partial charge >= 0.3 is 0 Å². The van der Waals surface area contributed by atoms with E-state index in [0.717, 1.165) is 29.0 Å². The van der Waals surface area contributed by atoms with Crippen molar-refractivity contribution in [3.05, 3.63) is 77.0 Å². The second-order valence-electron chi connectivity index (χ2n) is 6.20. The highest BCUT2D eigenvalue weighted by Crippen LogP contribution is 2.15. The molecule has 4 nitrogen and oxygen atoms in total. The first kappa shape index (κ1) is 20.2. The van der Waals surface area contributed by atoms with Crippen LogP contribution in [0.3, 0.4) is 0 Å². The summed E-state index contributed by atoms with van der Waals surface area (Å²) in [6.07, 6.45) is 1.83. The van der Waals surface area contributed by atoms with Crippen LogP contribution >= 0.6 is 24.0 Å². The van der Waals surface area contributed by atoms with E-state index < -0.39 is 0 Å². The first-order valence-corrected chi connectivity index (χ1v) is 8.50. The number of hydrogen-bond donors (Lipinski definition) is 2. The number of guanidine groups is 1. The zero-order valence-electron chi connectivity index (χ0n) is 15.4. The molecule has 0 unspecified atom stereocenters. The van der Waals surface area contributed by atoms with Crippen molar-refractivity contribution >= 4 is 40.8 Å². The molecule has 0 aliphatic heterocycles. The second-order valence-corrected chi connectivity index (χ2v) is 6.20. The Hall–Kier alpha value is -2.15. The van der Waals surface area contributed by atoms with Crippen molar-refractivity contribution in [2.45, 2.75) is 26.9 Å².